The largest absolute Gasteiger partial charge is 0.460 e. The van der Waals surface area contributed by atoms with Crippen molar-refractivity contribution in [3.05, 3.63) is 48.6 Å². The summed E-state index contributed by atoms with van der Waals surface area (Å²) in [6.45, 7) is 3.67. The van der Waals surface area contributed by atoms with Crippen LogP contribution in [0.2, 0.25) is 0 Å². The molecule has 1 fully saturated rings. The second-order valence-electron chi connectivity index (χ2n) is 6.11. The van der Waals surface area contributed by atoms with Crippen molar-refractivity contribution in [1.82, 2.24) is 10.6 Å². The number of benzene rings is 1. The minimum Gasteiger partial charge on any atom is -0.460 e. The van der Waals surface area contributed by atoms with Crippen LogP contribution in [0, 0.1) is 0 Å². The maximum absolute atomic E-state index is 12.2. The molecule has 0 radical (unpaired) electrons. The van der Waals surface area contributed by atoms with E-state index in [1.807, 2.05) is 30.3 Å². The highest BCUT2D eigenvalue weighted by Crippen LogP contribution is 2.17. The third-order valence-corrected chi connectivity index (χ3v) is 4.16. The van der Waals surface area contributed by atoms with Crippen molar-refractivity contribution >= 4 is 12.0 Å². The monoisotopic (exact) mass is 330 g/mol. The van der Waals surface area contributed by atoms with Crippen LogP contribution in [-0.4, -0.2) is 30.7 Å². The minimum atomic E-state index is -0.712. The van der Waals surface area contributed by atoms with E-state index in [1.165, 1.54) is 12.5 Å². The maximum atomic E-state index is 12.2. The van der Waals surface area contributed by atoms with Crippen LogP contribution in [0.5, 0.6) is 0 Å². The van der Waals surface area contributed by atoms with E-state index in [0.717, 1.165) is 31.2 Å². The SMILES string of the molecule is C=CCOC(=O)C(Cc1ccccc1)NC(=O)NC1CCCCC1. The normalized spacial score (nSPS) is 16.0. The summed E-state index contributed by atoms with van der Waals surface area (Å²) in [5, 5.41) is 5.73. The van der Waals surface area contributed by atoms with Gasteiger partial charge < -0.3 is 15.4 Å². The lowest BCUT2D eigenvalue weighted by molar-refractivity contribution is -0.144. The molecular weight excluding hydrogens is 304 g/mol. The van der Waals surface area contributed by atoms with E-state index in [0.29, 0.717) is 6.42 Å². The number of carbonyl (C=O) groups is 2. The van der Waals surface area contributed by atoms with E-state index >= 15 is 0 Å². The van der Waals surface area contributed by atoms with Gasteiger partial charge in [0.15, 0.2) is 0 Å². The van der Waals surface area contributed by atoms with Crippen LogP contribution in [0.15, 0.2) is 43.0 Å². The maximum Gasteiger partial charge on any atom is 0.329 e. The Hall–Kier alpha value is -2.30. The lowest BCUT2D eigenvalue weighted by Gasteiger charge is -2.24. The summed E-state index contributed by atoms with van der Waals surface area (Å²) in [6.07, 6.45) is 7.41. The van der Waals surface area contributed by atoms with Gasteiger partial charge in [0.1, 0.15) is 12.6 Å². The zero-order valence-corrected chi connectivity index (χ0v) is 14.0. The highest BCUT2D eigenvalue weighted by Gasteiger charge is 2.24. The van der Waals surface area contributed by atoms with Crippen LogP contribution in [0.25, 0.3) is 0 Å². The molecule has 1 aromatic carbocycles. The summed E-state index contributed by atoms with van der Waals surface area (Å²) in [5.74, 6) is -0.447. The Morgan fingerprint density at radius 3 is 2.58 bits per heavy atom. The zero-order valence-electron chi connectivity index (χ0n) is 14.0. The van der Waals surface area contributed by atoms with E-state index < -0.39 is 12.0 Å². The van der Waals surface area contributed by atoms with Crippen molar-refractivity contribution in [3.63, 3.8) is 0 Å². The van der Waals surface area contributed by atoms with Gasteiger partial charge in [0.2, 0.25) is 0 Å². The number of ether oxygens (including phenoxy) is 1. The Morgan fingerprint density at radius 1 is 1.21 bits per heavy atom. The van der Waals surface area contributed by atoms with E-state index in [2.05, 4.69) is 17.2 Å². The molecule has 1 aliphatic rings. The Balaban J connectivity index is 1.94. The van der Waals surface area contributed by atoms with Crippen LogP contribution >= 0.6 is 0 Å². The quantitative estimate of drug-likeness (QED) is 0.596. The zero-order chi connectivity index (χ0) is 17.2. The van der Waals surface area contributed by atoms with Gasteiger partial charge >= 0.3 is 12.0 Å². The number of carbonyl (C=O) groups excluding carboxylic acids is 2. The molecule has 2 N–H and O–H groups in total. The smallest absolute Gasteiger partial charge is 0.329 e. The highest BCUT2D eigenvalue weighted by atomic mass is 16.5. The van der Waals surface area contributed by atoms with Crippen LogP contribution in [0.4, 0.5) is 4.79 Å². The lowest BCUT2D eigenvalue weighted by atomic mass is 9.96. The average Bonchev–Trinajstić information content (AvgIpc) is 2.61. The molecule has 0 aromatic heterocycles. The first kappa shape index (κ1) is 18.0. The number of amides is 2. The predicted octanol–water partition coefficient (Wildman–Crippen LogP) is 2.96. The molecule has 2 rings (SSSR count). The number of nitrogens with one attached hydrogen (secondary N) is 2. The first-order valence-electron chi connectivity index (χ1n) is 8.57. The van der Waals surface area contributed by atoms with Gasteiger partial charge in [0, 0.05) is 12.5 Å². The van der Waals surface area contributed by atoms with Crippen molar-refractivity contribution < 1.29 is 14.3 Å². The highest BCUT2D eigenvalue weighted by molar-refractivity contribution is 5.84. The third kappa shape index (κ3) is 6.07. The molecule has 24 heavy (non-hydrogen) atoms. The van der Waals surface area contributed by atoms with Gasteiger partial charge in [-0.3, -0.25) is 0 Å². The molecule has 1 atom stereocenters. The Kier molecular flexibility index (Phi) is 7.33. The topological polar surface area (TPSA) is 67.4 Å². The fourth-order valence-electron chi connectivity index (χ4n) is 2.92. The summed E-state index contributed by atoms with van der Waals surface area (Å²) in [6, 6.07) is 8.75. The Bertz CT molecular complexity index is 539. The number of urea groups is 1. The first-order chi connectivity index (χ1) is 11.7. The molecule has 1 aliphatic carbocycles. The molecule has 5 heteroatoms. The van der Waals surface area contributed by atoms with Gasteiger partial charge in [0.05, 0.1) is 0 Å². The number of hydrogen-bond acceptors (Lipinski definition) is 3. The van der Waals surface area contributed by atoms with Gasteiger partial charge in [-0.2, -0.15) is 0 Å². The molecule has 0 aliphatic heterocycles. The average molecular weight is 330 g/mol. The number of hydrogen-bond donors (Lipinski definition) is 2. The molecule has 0 bridgehead atoms. The summed E-state index contributed by atoms with van der Waals surface area (Å²) in [4.78, 5) is 24.5. The van der Waals surface area contributed by atoms with E-state index in [-0.39, 0.29) is 18.7 Å². The molecular formula is C19H26N2O3. The van der Waals surface area contributed by atoms with Crippen LogP contribution in [0.3, 0.4) is 0 Å². The van der Waals surface area contributed by atoms with Crippen LogP contribution in [-0.2, 0) is 16.0 Å². The van der Waals surface area contributed by atoms with Gasteiger partial charge in [-0.15, -0.1) is 0 Å². The summed E-state index contributed by atoms with van der Waals surface area (Å²) in [7, 11) is 0. The van der Waals surface area contributed by atoms with Crippen molar-refractivity contribution in [1.29, 1.82) is 0 Å². The van der Waals surface area contributed by atoms with Crippen molar-refractivity contribution in [2.45, 2.75) is 50.6 Å². The fourth-order valence-corrected chi connectivity index (χ4v) is 2.92. The molecule has 5 nitrogen and oxygen atoms in total. The first-order valence-corrected chi connectivity index (χ1v) is 8.57. The van der Waals surface area contributed by atoms with Crippen molar-refractivity contribution in [3.8, 4) is 0 Å². The molecule has 0 saturated heterocycles. The third-order valence-electron chi connectivity index (χ3n) is 4.16. The van der Waals surface area contributed by atoms with Gasteiger partial charge in [-0.25, -0.2) is 9.59 Å². The predicted molar refractivity (Wildman–Crippen MR) is 93.6 cm³/mol. The van der Waals surface area contributed by atoms with E-state index in [4.69, 9.17) is 4.74 Å². The fraction of sp³-hybridized carbons (Fsp3) is 0.474. The molecule has 1 aromatic rings. The molecule has 130 valence electrons. The van der Waals surface area contributed by atoms with Crippen LogP contribution < -0.4 is 10.6 Å². The molecule has 1 saturated carbocycles. The Morgan fingerprint density at radius 2 is 1.92 bits per heavy atom. The Labute approximate surface area is 143 Å². The van der Waals surface area contributed by atoms with Gasteiger partial charge in [-0.05, 0) is 18.4 Å². The summed E-state index contributed by atoms with van der Waals surface area (Å²) in [5.41, 5.74) is 0.969. The van der Waals surface area contributed by atoms with Crippen molar-refractivity contribution in [2.24, 2.45) is 0 Å². The molecule has 0 spiro atoms. The second-order valence-corrected chi connectivity index (χ2v) is 6.11. The molecule has 0 heterocycles. The molecule has 2 amide bonds. The summed E-state index contributed by atoms with van der Waals surface area (Å²) < 4.78 is 5.12. The number of esters is 1. The van der Waals surface area contributed by atoms with Crippen LogP contribution in [0.1, 0.15) is 37.7 Å². The van der Waals surface area contributed by atoms with E-state index in [9.17, 15) is 9.59 Å². The standard InChI is InChI=1S/C19H26N2O3/c1-2-13-24-18(22)17(14-15-9-5-3-6-10-15)21-19(23)20-16-11-7-4-8-12-16/h2-3,5-6,9-10,16-17H,1,4,7-8,11-14H2,(H2,20,21,23). The van der Waals surface area contributed by atoms with Crippen molar-refractivity contribution in [2.75, 3.05) is 6.61 Å². The van der Waals surface area contributed by atoms with E-state index in [1.54, 1.807) is 0 Å². The minimum absolute atomic E-state index is 0.135. The second kappa shape index (κ2) is 9.75. The van der Waals surface area contributed by atoms with Gasteiger partial charge in [-0.1, -0.05) is 62.2 Å². The summed E-state index contributed by atoms with van der Waals surface area (Å²) >= 11 is 0. The number of rotatable bonds is 7. The van der Waals surface area contributed by atoms with Gasteiger partial charge in [0.25, 0.3) is 0 Å². The lowest BCUT2D eigenvalue weighted by Crippen LogP contribution is -2.50. The molecule has 1 unspecified atom stereocenters.